The molecule has 4 heteroatoms. The second-order valence-electron chi connectivity index (χ2n) is 7.30. The Labute approximate surface area is 153 Å². The van der Waals surface area contributed by atoms with Crippen LogP contribution in [0, 0.1) is 0 Å². The third-order valence-electron chi connectivity index (χ3n) is 5.68. The fraction of sp³-hybridized carbons (Fsp3) is 0.364. The van der Waals surface area contributed by atoms with E-state index in [1.165, 1.54) is 0 Å². The molecule has 1 fully saturated rings. The summed E-state index contributed by atoms with van der Waals surface area (Å²) >= 11 is 0. The van der Waals surface area contributed by atoms with Gasteiger partial charge in [-0.15, -0.1) is 0 Å². The summed E-state index contributed by atoms with van der Waals surface area (Å²) in [6, 6.07) is 16.1. The largest absolute Gasteiger partial charge is 0.435 e. The van der Waals surface area contributed by atoms with Crippen molar-refractivity contribution in [1.29, 1.82) is 0 Å². The topological polar surface area (TPSA) is 46.6 Å². The van der Waals surface area contributed by atoms with E-state index in [-0.39, 0.29) is 6.04 Å². The van der Waals surface area contributed by atoms with Crippen molar-refractivity contribution in [2.24, 2.45) is 0 Å². The number of hydrogen-bond acceptors (Lipinski definition) is 3. The van der Waals surface area contributed by atoms with Crippen molar-refractivity contribution in [1.82, 2.24) is 4.90 Å². The molecule has 0 heterocycles. The maximum Gasteiger partial charge on any atom is 0.411 e. The van der Waals surface area contributed by atoms with E-state index in [9.17, 15) is 9.59 Å². The summed E-state index contributed by atoms with van der Waals surface area (Å²) in [6.07, 6.45) is 4.56. The molecule has 1 saturated carbocycles. The Morgan fingerprint density at radius 3 is 2.08 bits per heavy atom. The Morgan fingerprint density at radius 2 is 1.54 bits per heavy atom. The maximum absolute atomic E-state index is 12.9. The van der Waals surface area contributed by atoms with Crippen molar-refractivity contribution in [3.63, 3.8) is 0 Å². The molecule has 2 aliphatic carbocycles. The van der Waals surface area contributed by atoms with E-state index in [1.807, 2.05) is 24.3 Å². The first-order valence-corrected chi connectivity index (χ1v) is 9.25. The van der Waals surface area contributed by atoms with Crippen LogP contribution in [0.4, 0.5) is 4.79 Å². The molecule has 0 bridgehead atoms. The molecule has 0 radical (unpaired) electrons. The van der Waals surface area contributed by atoms with Crippen LogP contribution >= 0.6 is 0 Å². The van der Waals surface area contributed by atoms with Crippen molar-refractivity contribution in [2.45, 2.75) is 43.7 Å². The molecular formula is C22H23NO3. The second kappa shape index (κ2) is 6.60. The summed E-state index contributed by atoms with van der Waals surface area (Å²) in [6.45, 7) is 0. The molecule has 0 aromatic heterocycles. The quantitative estimate of drug-likeness (QED) is 0.753. The van der Waals surface area contributed by atoms with E-state index in [1.54, 1.807) is 11.9 Å². The third kappa shape index (κ3) is 2.70. The fourth-order valence-electron chi connectivity index (χ4n) is 4.29. The average Bonchev–Trinajstić information content (AvgIpc) is 3.02. The van der Waals surface area contributed by atoms with Crippen LogP contribution in [0.3, 0.4) is 0 Å². The first-order valence-electron chi connectivity index (χ1n) is 9.25. The Bertz CT molecular complexity index is 793. The minimum Gasteiger partial charge on any atom is -0.435 e. The molecule has 4 nitrogen and oxygen atoms in total. The summed E-state index contributed by atoms with van der Waals surface area (Å²) in [5.74, 6) is 0. The zero-order chi connectivity index (χ0) is 18.1. The summed E-state index contributed by atoms with van der Waals surface area (Å²) in [5, 5.41) is 0. The molecule has 0 unspecified atom stereocenters. The van der Waals surface area contributed by atoms with Gasteiger partial charge in [0.05, 0.1) is 6.04 Å². The average molecular weight is 349 g/mol. The maximum atomic E-state index is 12.9. The number of aldehydes is 1. The fourth-order valence-corrected chi connectivity index (χ4v) is 4.29. The van der Waals surface area contributed by atoms with Gasteiger partial charge in [0.25, 0.3) is 0 Å². The highest BCUT2D eigenvalue weighted by Crippen LogP contribution is 2.46. The van der Waals surface area contributed by atoms with Crippen LogP contribution in [0.5, 0.6) is 0 Å². The predicted octanol–water partition coefficient (Wildman–Crippen LogP) is 4.73. The lowest BCUT2D eigenvalue weighted by Gasteiger charge is -2.35. The zero-order valence-electron chi connectivity index (χ0n) is 15.0. The zero-order valence-corrected chi connectivity index (χ0v) is 15.0. The Balaban J connectivity index is 1.64. The van der Waals surface area contributed by atoms with Crippen molar-refractivity contribution in [3.05, 3.63) is 59.7 Å². The number of hydrogen-bond donors (Lipinski definition) is 0. The molecule has 2 aliphatic rings. The lowest BCUT2D eigenvalue weighted by molar-refractivity contribution is -0.128. The molecule has 0 atom stereocenters. The number of benzene rings is 2. The highest BCUT2D eigenvalue weighted by atomic mass is 16.6. The number of amides is 1. The molecule has 26 heavy (non-hydrogen) atoms. The molecule has 1 amide bonds. The van der Waals surface area contributed by atoms with Gasteiger partial charge in [-0.2, -0.15) is 0 Å². The van der Waals surface area contributed by atoms with Crippen LogP contribution in [0.1, 0.15) is 49.3 Å². The van der Waals surface area contributed by atoms with Crippen LogP contribution in [-0.4, -0.2) is 29.9 Å². The van der Waals surface area contributed by atoms with Gasteiger partial charge in [0.1, 0.15) is 0 Å². The number of carbonyl (C=O) groups excluding carboxylic acids is 2. The number of nitrogens with zero attached hydrogens (tertiary/aromatic N) is 1. The Kier molecular flexibility index (Phi) is 4.27. The Morgan fingerprint density at radius 1 is 1.00 bits per heavy atom. The number of fused-ring (bicyclic) bond motifs is 3. The van der Waals surface area contributed by atoms with Crippen molar-refractivity contribution < 1.29 is 14.3 Å². The van der Waals surface area contributed by atoms with E-state index in [0.29, 0.717) is 12.8 Å². The summed E-state index contributed by atoms with van der Waals surface area (Å²) < 4.78 is 5.75. The minimum absolute atomic E-state index is 0.192. The van der Waals surface area contributed by atoms with Crippen molar-refractivity contribution >= 4 is 12.4 Å². The van der Waals surface area contributed by atoms with Crippen LogP contribution in [0.15, 0.2) is 48.5 Å². The van der Waals surface area contributed by atoms with Gasteiger partial charge in [0.2, 0.25) is 0 Å². The molecule has 0 aliphatic heterocycles. The van der Waals surface area contributed by atoms with Gasteiger partial charge in [0.15, 0.2) is 11.9 Å². The van der Waals surface area contributed by atoms with Crippen molar-refractivity contribution in [2.75, 3.05) is 7.05 Å². The van der Waals surface area contributed by atoms with Gasteiger partial charge < -0.3 is 9.64 Å². The van der Waals surface area contributed by atoms with Gasteiger partial charge >= 0.3 is 6.09 Å². The number of carbonyl (C=O) groups is 2. The smallest absolute Gasteiger partial charge is 0.411 e. The van der Waals surface area contributed by atoms with Gasteiger partial charge in [-0.3, -0.25) is 4.79 Å². The highest BCUT2D eigenvalue weighted by molar-refractivity contribution is 5.82. The first kappa shape index (κ1) is 16.8. The summed E-state index contributed by atoms with van der Waals surface area (Å²) in [5.41, 5.74) is 3.53. The van der Waals surface area contributed by atoms with E-state index in [2.05, 4.69) is 24.3 Å². The molecule has 2 aromatic rings. The summed E-state index contributed by atoms with van der Waals surface area (Å²) in [7, 11) is 1.76. The van der Waals surface area contributed by atoms with Gasteiger partial charge in [-0.25, -0.2) is 4.79 Å². The van der Waals surface area contributed by atoms with Gasteiger partial charge in [-0.1, -0.05) is 55.0 Å². The Hall–Kier alpha value is -2.62. The van der Waals surface area contributed by atoms with Crippen LogP contribution < -0.4 is 0 Å². The lowest BCUT2D eigenvalue weighted by Crippen LogP contribution is -2.43. The molecule has 0 saturated heterocycles. The van der Waals surface area contributed by atoms with Crippen molar-refractivity contribution in [3.8, 4) is 11.1 Å². The molecule has 0 spiro atoms. The standard InChI is InChI=1S/C22H23NO3/c1-23(21(25)26-22(15-24)13-7-2-8-14-22)20-18-11-5-3-9-16(18)17-10-4-6-12-19(17)20/h3-6,9-12,15,20H,2,7-8,13-14H2,1H3. The van der Waals surface area contributed by atoms with Gasteiger partial charge in [-0.05, 0) is 47.9 Å². The lowest BCUT2D eigenvalue weighted by atomic mass is 9.86. The van der Waals surface area contributed by atoms with E-state index in [0.717, 1.165) is 47.8 Å². The predicted molar refractivity (Wildman–Crippen MR) is 99.8 cm³/mol. The molecule has 2 aromatic carbocycles. The van der Waals surface area contributed by atoms with Crippen LogP contribution in [0.25, 0.3) is 11.1 Å². The molecule has 134 valence electrons. The monoisotopic (exact) mass is 349 g/mol. The SMILES string of the molecule is CN(C(=O)OC1(C=O)CCCCC1)C1c2ccccc2-c2ccccc21. The van der Waals surface area contributed by atoms with E-state index in [4.69, 9.17) is 4.74 Å². The molecule has 4 rings (SSSR count). The van der Waals surface area contributed by atoms with Crippen LogP contribution in [0.2, 0.25) is 0 Å². The van der Waals surface area contributed by atoms with E-state index < -0.39 is 11.7 Å². The molecular weight excluding hydrogens is 326 g/mol. The van der Waals surface area contributed by atoms with E-state index >= 15 is 0 Å². The van der Waals surface area contributed by atoms with Crippen LogP contribution in [-0.2, 0) is 9.53 Å². The number of ether oxygens (including phenoxy) is 1. The first-order chi connectivity index (χ1) is 12.7. The third-order valence-corrected chi connectivity index (χ3v) is 5.68. The minimum atomic E-state index is -0.957. The molecule has 0 N–H and O–H groups in total. The summed E-state index contributed by atoms with van der Waals surface area (Å²) in [4.78, 5) is 26.2. The number of rotatable bonds is 3. The van der Waals surface area contributed by atoms with Gasteiger partial charge in [0, 0.05) is 7.05 Å². The second-order valence-corrected chi connectivity index (χ2v) is 7.30. The highest BCUT2D eigenvalue weighted by Gasteiger charge is 2.39. The normalized spacial score (nSPS) is 17.9.